The molecule has 0 fully saturated rings. The zero-order chi connectivity index (χ0) is 11.5. The van der Waals surface area contributed by atoms with E-state index >= 15 is 0 Å². The molecule has 0 amide bonds. The molecule has 4 heteroatoms. The molecule has 0 atom stereocenters. The first-order chi connectivity index (χ1) is 7.77. The molecule has 0 bridgehead atoms. The van der Waals surface area contributed by atoms with Crippen LogP contribution in [-0.2, 0) is 12.8 Å². The second-order valence-corrected chi connectivity index (χ2v) is 4.21. The number of halogens is 1. The van der Waals surface area contributed by atoms with Crippen LogP contribution in [0, 0.1) is 0 Å². The summed E-state index contributed by atoms with van der Waals surface area (Å²) in [5.74, 6) is 1.51. The summed E-state index contributed by atoms with van der Waals surface area (Å²) in [5, 5.41) is 0.636. The van der Waals surface area contributed by atoms with Gasteiger partial charge < -0.3 is 15.2 Å². The fraction of sp³-hybridized carbons (Fsp3) is 0.500. The number of rotatable bonds is 4. The Kier molecular flexibility index (Phi) is 3.56. The van der Waals surface area contributed by atoms with E-state index in [9.17, 15) is 0 Å². The van der Waals surface area contributed by atoms with Crippen molar-refractivity contribution in [2.45, 2.75) is 26.2 Å². The van der Waals surface area contributed by atoms with Gasteiger partial charge in [0.05, 0.1) is 5.02 Å². The Balaban J connectivity index is 2.41. The van der Waals surface area contributed by atoms with Gasteiger partial charge in [-0.1, -0.05) is 18.5 Å². The Morgan fingerprint density at radius 1 is 1.38 bits per heavy atom. The van der Waals surface area contributed by atoms with Crippen molar-refractivity contribution in [1.82, 2.24) is 0 Å². The average molecular weight is 242 g/mol. The van der Waals surface area contributed by atoms with Crippen LogP contribution in [0.25, 0.3) is 0 Å². The van der Waals surface area contributed by atoms with Crippen LogP contribution < -0.4 is 15.2 Å². The lowest BCUT2D eigenvalue weighted by Crippen LogP contribution is -2.03. The molecule has 1 aromatic rings. The third-order valence-corrected chi connectivity index (χ3v) is 3.08. The highest BCUT2D eigenvalue weighted by atomic mass is 35.5. The third-order valence-electron chi connectivity index (χ3n) is 2.80. The first-order valence-electron chi connectivity index (χ1n) is 5.57. The topological polar surface area (TPSA) is 44.5 Å². The van der Waals surface area contributed by atoms with Crippen LogP contribution in [0.15, 0.2) is 6.07 Å². The number of ether oxygens (including phenoxy) is 2. The minimum atomic E-state index is 0.266. The number of hydrogen-bond acceptors (Lipinski definition) is 3. The highest BCUT2D eigenvalue weighted by Crippen LogP contribution is 2.43. The van der Waals surface area contributed by atoms with E-state index in [2.05, 4.69) is 6.92 Å². The summed E-state index contributed by atoms with van der Waals surface area (Å²) in [7, 11) is 0. The van der Waals surface area contributed by atoms with E-state index in [1.807, 2.05) is 6.07 Å². The van der Waals surface area contributed by atoms with E-state index < -0.39 is 0 Å². The van der Waals surface area contributed by atoms with Crippen LogP contribution in [0.3, 0.4) is 0 Å². The first-order valence-corrected chi connectivity index (χ1v) is 5.95. The molecule has 0 radical (unpaired) electrons. The molecule has 0 saturated heterocycles. The minimum Gasteiger partial charge on any atom is -0.453 e. The molecule has 1 aliphatic rings. The van der Waals surface area contributed by atoms with Gasteiger partial charge in [0.1, 0.15) is 0 Å². The van der Waals surface area contributed by atoms with Crippen molar-refractivity contribution in [3.63, 3.8) is 0 Å². The number of fused-ring (bicyclic) bond motifs is 1. The van der Waals surface area contributed by atoms with Crippen molar-refractivity contribution < 1.29 is 9.47 Å². The maximum Gasteiger partial charge on any atom is 0.231 e. The summed E-state index contributed by atoms with van der Waals surface area (Å²) < 4.78 is 10.8. The summed E-state index contributed by atoms with van der Waals surface area (Å²) in [6.45, 7) is 3.06. The zero-order valence-corrected chi connectivity index (χ0v) is 10.1. The van der Waals surface area contributed by atoms with Crippen LogP contribution in [0.2, 0.25) is 5.02 Å². The Bertz CT molecular complexity index is 393. The van der Waals surface area contributed by atoms with Gasteiger partial charge in [0, 0.05) is 5.56 Å². The zero-order valence-electron chi connectivity index (χ0n) is 9.38. The Morgan fingerprint density at radius 3 is 2.81 bits per heavy atom. The third kappa shape index (κ3) is 1.97. The van der Waals surface area contributed by atoms with Crippen LogP contribution >= 0.6 is 11.6 Å². The second-order valence-electron chi connectivity index (χ2n) is 3.81. The van der Waals surface area contributed by atoms with E-state index in [1.165, 1.54) is 11.1 Å². The van der Waals surface area contributed by atoms with Crippen molar-refractivity contribution in [2.24, 2.45) is 5.73 Å². The summed E-state index contributed by atoms with van der Waals surface area (Å²) in [6, 6.07) is 1.98. The van der Waals surface area contributed by atoms with E-state index in [0.29, 0.717) is 17.3 Å². The van der Waals surface area contributed by atoms with Crippen LogP contribution in [0.1, 0.15) is 24.5 Å². The van der Waals surface area contributed by atoms with Gasteiger partial charge in [-0.3, -0.25) is 0 Å². The molecule has 2 rings (SSSR count). The number of hydrogen-bond donors (Lipinski definition) is 1. The predicted octanol–water partition coefficient (Wildman–Crippen LogP) is 2.52. The lowest BCUT2D eigenvalue weighted by molar-refractivity contribution is 0.173. The van der Waals surface area contributed by atoms with E-state index in [0.717, 1.165) is 25.0 Å². The molecule has 0 aromatic heterocycles. The fourth-order valence-electron chi connectivity index (χ4n) is 2.03. The number of aryl methyl sites for hydroxylation is 1. The quantitative estimate of drug-likeness (QED) is 0.881. The van der Waals surface area contributed by atoms with Gasteiger partial charge in [-0.25, -0.2) is 0 Å². The van der Waals surface area contributed by atoms with Crippen LogP contribution in [0.5, 0.6) is 11.5 Å². The number of benzene rings is 1. The summed E-state index contributed by atoms with van der Waals surface area (Å²) in [6.07, 6.45) is 2.82. The van der Waals surface area contributed by atoms with Crippen LogP contribution in [-0.4, -0.2) is 13.3 Å². The molecule has 3 nitrogen and oxygen atoms in total. The standard InChI is InChI=1S/C12H16ClNO2/c1-2-9-8(4-3-5-14)6-10(13)12-11(9)15-7-16-12/h6H,2-5,7,14H2,1H3. The molecule has 1 aromatic carbocycles. The summed E-state index contributed by atoms with van der Waals surface area (Å²) in [5.41, 5.74) is 7.95. The highest BCUT2D eigenvalue weighted by molar-refractivity contribution is 6.32. The highest BCUT2D eigenvalue weighted by Gasteiger charge is 2.23. The van der Waals surface area contributed by atoms with Gasteiger partial charge >= 0.3 is 0 Å². The molecule has 0 unspecified atom stereocenters. The SMILES string of the molecule is CCc1c(CCCN)cc(Cl)c2c1OCO2. The summed E-state index contributed by atoms with van der Waals surface area (Å²) >= 11 is 6.15. The molecular weight excluding hydrogens is 226 g/mol. The van der Waals surface area contributed by atoms with Crippen molar-refractivity contribution in [2.75, 3.05) is 13.3 Å². The molecule has 0 saturated carbocycles. The lowest BCUT2D eigenvalue weighted by Gasteiger charge is -2.11. The molecule has 0 spiro atoms. The molecule has 2 N–H and O–H groups in total. The van der Waals surface area contributed by atoms with Gasteiger partial charge in [-0.15, -0.1) is 0 Å². The Labute approximate surface area is 100 Å². The molecule has 0 aliphatic carbocycles. The van der Waals surface area contributed by atoms with Crippen molar-refractivity contribution in [3.05, 3.63) is 22.2 Å². The van der Waals surface area contributed by atoms with Crippen molar-refractivity contribution >= 4 is 11.6 Å². The molecule has 88 valence electrons. The predicted molar refractivity (Wildman–Crippen MR) is 64.3 cm³/mol. The summed E-state index contributed by atoms with van der Waals surface area (Å²) in [4.78, 5) is 0. The maximum absolute atomic E-state index is 6.15. The monoisotopic (exact) mass is 241 g/mol. The Morgan fingerprint density at radius 2 is 2.12 bits per heavy atom. The second kappa shape index (κ2) is 4.93. The van der Waals surface area contributed by atoms with Gasteiger partial charge in [-0.2, -0.15) is 0 Å². The average Bonchev–Trinajstić information content (AvgIpc) is 2.76. The Hall–Kier alpha value is -0.930. The normalized spacial score (nSPS) is 13.2. The lowest BCUT2D eigenvalue weighted by atomic mass is 9.99. The van der Waals surface area contributed by atoms with Gasteiger partial charge in [0.15, 0.2) is 11.5 Å². The smallest absolute Gasteiger partial charge is 0.231 e. The van der Waals surface area contributed by atoms with Gasteiger partial charge in [-0.05, 0) is 37.4 Å². The van der Waals surface area contributed by atoms with Gasteiger partial charge in [0.25, 0.3) is 0 Å². The van der Waals surface area contributed by atoms with Crippen LogP contribution in [0.4, 0.5) is 0 Å². The van der Waals surface area contributed by atoms with Crippen molar-refractivity contribution in [3.8, 4) is 11.5 Å². The van der Waals surface area contributed by atoms with Crippen molar-refractivity contribution in [1.29, 1.82) is 0 Å². The number of nitrogens with two attached hydrogens (primary N) is 1. The first kappa shape index (κ1) is 11.6. The largest absolute Gasteiger partial charge is 0.453 e. The van der Waals surface area contributed by atoms with E-state index in [4.69, 9.17) is 26.8 Å². The molecule has 1 aliphatic heterocycles. The van der Waals surface area contributed by atoms with Gasteiger partial charge in [0.2, 0.25) is 6.79 Å². The molecule has 16 heavy (non-hydrogen) atoms. The fourth-order valence-corrected chi connectivity index (χ4v) is 2.31. The van der Waals surface area contributed by atoms with E-state index in [-0.39, 0.29) is 6.79 Å². The molecular formula is C12H16ClNO2. The molecule has 1 heterocycles. The van der Waals surface area contributed by atoms with E-state index in [1.54, 1.807) is 0 Å². The minimum absolute atomic E-state index is 0.266. The maximum atomic E-state index is 6.15.